The van der Waals surface area contributed by atoms with Crippen LogP contribution in [-0.4, -0.2) is 26.1 Å². The van der Waals surface area contributed by atoms with E-state index in [-0.39, 0.29) is 17.3 Å². The van der Waals surface area contributed by atoms with Gasteiger partial charge in [-0.3, -0.25) is 19.5 Å². The molecule has 1 N–H and O–H groups in total. The van der Waals surface area contributed by atoms with Crippen LogP contribution in [0, 0.1) is 24.0 Å². The Morgan fingerprint density at radius 2 is 1.96 bits per heavy atom. The second-order valence-corrected chi connectivity index (χ2v) is 6.95. The van der Waals surface area contributed by atoms with Crippen LogP contribution in [0.25, 0.3) is 5.69 Å². The fraction of sp³-hybridized carbons (Fsp3) is 0.158. The first kappa shape index (κ1) is 18.7. The number of nitro groups is 1. The minimum atomic E-state index is -0.440. The van der Waals surface area contributed by atoms with Crippen LogP contribution in [0.2, 0.25) is 0 Å². The molecule has 1 amide bonds. The molecule has 0 radical (unpaired) electrons. The molecular formula is C19H18N4O3S. The zero-order chi connectivity index (χ0) is 19.4. The summed E-state index contributed by atoms with van der Waals surface area (Å²) in [6.45, 7) is 3.92. The largest absolute Gasteiger partial charge is 0.325 e. The number of hydrogen-bond donors (Lipinski definition) is 1. The molecule has 7 nitrogen and oxygen atoms in total. The van der Waals surface area contributed by atoms with E-state index >= 15 is 0 Å². The van der Waals surface area contributed by atoms with Gasteiger partial charge in [0.15, 0.2) is 5.16 Å². The molecule has 0 aliphatic rings. The number of anilines is 1. The summed E-state index contributed by atoms with van der Waals surface area (Å²) in [5, 5.41) is 14.3. The maximum atomic E-state index is 12.3. The van der Waals surface area contributed by atoms with Crippen LogP contribution < -0.4 is 5.32 Å². The van der Waals surface area contributed by atoms with Gasteiger partial charge in [-0.2, -0.15) is 0 Å². The Bertz CT molecular complexity index is 983. The molecule has 0 fully saturated rings. The zero-order valence-electron chi connectivity index (χ0n) is 14.9. The first-order valence-corrected chi connectivity index (χ1v) is 9.20. The van der Waals surface area contributed by atoms with Crippen molar-refractivity contribution in [2.75, 3.05) is 11.1 Å². The van der Waals surface area contributed by atoms with Gasteiger partial charge >= 0.3 is 0 Å². The molecule has 0 unspecified atom stereocenters. The van der Waals surface area contributed by atoms with E-state index in [2.05, 4.69) is 10.3 Å². The molecule has 3 aromatic rings. The number of aromatic nitrogens is 2. The fourth-order valence-electron chi connectivity index (χ4n) is 2.51. The molecule has 0 atom stereocenters. The summed E-state index contributed by atoms with van der Waals surface area (Å²) < 4.78 is 1.79. The number of non-ortho nitro benzene ring substituents is 1. The quantitative estimate of drug-likeness (QED) is 0.393. The monoisotopic (exact) mass is 382 g/mol. The van der Waals surface area contributed by atoms with Gasteiger partial charge in [0.25, 0.3) is 5.69 Å². The molecular weight excluding hydrogens is 364 g/mol. The van der Waals surface area contributed by atoms with Gasteiger partial charge in [-0.25, -0.2) is 4.98 Å². The number of rotatable bonds is 6. The van der Waals surface area contributed by atoms with Crippen LogP contribution >= 0.6 is 11.8 Å². The molecule has 0 aliphatic carbocycles. The standard InChI is InChI=1S/C19H18N4O3S/c1-13-3-4-14(2)17(11-13)21-18(24)12-27-19-20-9-10-22(19)15-5-7-16(8-6-15)23(25)26/h3-11H,12H2,1-2H3,(H,21,24). The molecule has 0 aliphatic heterocycles. The maximum absolute atomic E-state index is 12.3. The lowest BCUT2D eigenvalue weighted by molar-refractivity contribution is -0.384. The summed E-state index contributed by atoms with van der Waals surface area (Å²) in [7, 11) is 0. The third-order valence-corrected chi connectivity index (χ3v) is 4.91. The maximum Gasteiger partial charge on any atom is 0.269 e. The highest BCUT2D eigenvalue weighted by atomic mass is 32.2. The van der Waals surface area contributed by atoms with Crippen molar-refractivity contribution in [3.05, 3.63) is 76.1 Å². The van der Waals surface area contributed by atoms with Gasteiger partial charge in [-0.05, 0) is 43.2 Å². The van der Waals surface area contributed by atoms with Crippen LogP contribution in [0.1, 0.15) is 11.1 Å². The number of nitro benzene ring substituents is 1. The Hall–Kier alpha value is -3.13. The van der Waals surface area contributed by atoms with Crippen LogP contribution in [0.5, 0.6) is 0 Å². The van der Waals surface area contributed by atoms with Gasteiger partial charge in [0.2, 0.25) is 5.91 Å². The van der Waals surface area contributed by atoms with Crippen LogP contribution in [0.15, 0.2) is 60.0 Å². The molecule has 1 aromatic heterocycles. The highest BCUT2D eigenvalue weighted by molar-refractivity contribution is 7.99. The number of imidazole rings is 1. The second-order valence-electron chi connectivity index (χ2n) is 6.01. The first-order valence-electron chi connectivity index (χ1n) is 8.22. The highest BCUT2D eigenvalue weighted by Gasteiger charge is 2.11. The van der Waals surface area contributed by atoms with E-state index in [1.54, 1.807) is 29.1 Å². The van der Waals surface area contributed by atoms with Crippen molar-refractivity contribution in [3.63, 3.8) is 0 Å². The molecule has 1 heterocycles. The van der Waals surface area contributed by atoms with E-state index in [9.17, 15) is 14.9 Å². The summed E-state index contributed by atoms with van der Waals surface area (Å²) in [5.41, 5.74) is 3.67. The molecule has 2 aromatic carbocycles. The predicted molar refractivity (Wildman–Crippen MR) is 105 cm³/mol. The Kier molecular flexibility index (Phi) is 5.56. The number of benzene rings is 2. The van der Waals surface area contributed by atoms with Crippen molar-refractivity contribution < 1.29 is 9.72 Å². The van der Waals surface area contributed by atoms with Crippen LogP contribution in [-0.2, 0) is 4.79 Å². The van der Waals surface area contributed by atoms with E-state index in [0.717, 1.165) is 22.5 Å². The summed E-state index contributed by atoms with van der Waals surface area (Å²) in [5.74, 6) is 0.0872. The number of nitrogens with zero attached hydrogens (tertiary/aromatic N) is 3. The van der Waals surface area contributed by atoms with Crippen molar-refractivity contribution in [3.8, 4) is 5.69 Å². The third kappa shape index (κ3) is 4.53. The van der Waals surface area contributed by atoms with Crippen molar-refractivity contribution in [2.24, 2.45) is 0 Å². The molecule has 0 spiro atoms. The number of carbonyl (C=O) groups is 1. The second kappa shape index (κ2) is 8.05. The molecule has 3 rings (SSSR count). The van der Waals surface area contributed by atoms with Crippen molar-refractivity contribution in [1.29, 1.82) is 0 Å². The Labute approximate surface area is 160 Å². The summed E-state index contributed by atoms with van der Waals surface area (Å²) in [6.07, 6.45) is 3.39. The number of aryl methyl sites for hydroxylation is 2. The molecule has 27 heavy (non-hydrogen) atoms. The molecule has 8 heteroatoms. The summed E-state index contributed by atoms with van der Waals surface area (Å²) in [6, 6.07) is 12.1. The SMILES string of the molecule is Cc1ccc(C)c(NC(=O)CSc2nccn2-c2ccc([N+](=O)[O-])cc2)c1. The topological polar surface area (TPSA) is 90.1 Å². The highest BCUT2D eigenvalue weighted by Crippen LogP contribution is 2.23. The fourth-order valence-corrected chi connectivity index (χ4v) is 3.29. The molecule has 0 saturated heterocycles. The van der Waals surface area contributed by atoms with Gasteiger partial charge in [0, 0.05) is 35.9 Å². The van der Waals surface area contributed by atoms with Gasteiger partial charge in [0.05, 0.1) is 10.7 Å². The number of hydrogen-bond acceptors (Lipinski definition) is 5. The molecule has 0 bridgehead atoms. The van der Waals surface area contributed by atoms with Crippen molar-refractivity contribution in [2.45, 2.75) is 19.0 Å². The lowest BCUT2D eigenvalue weighted by Crippen LogP contribution is -2.15. The normalized spacial score (nSPS) is 10.6. The van der Waals surface area contributed by atoms with Crippen LogP contribution in [0.3, 0.4) is 0 Å². The summed E-state index contributed by atoms with van der Waals surface area (Å²) >= 11 is 1.30. The Balaban J connectivity index is 1.67. The van der Waals surface area contributed by atoms with E-state index in [1.807, 2.05) is 32.0 Å². The van der Waals surface area contributed by atoms with Crippen molar-refractivity contribution in [1.82, 2.24) is 9.55 Å². The molecule has 0 saturated carbocycles. The number of nitrogens with one attached hydrogen (secondary N) is 1. The summed E-state index contributed by atoms with van der Waals surface area (Å²) in [4.78, 5) is 26.9. The Morgan fingerprint density at radius 1 is 1.22 bits per heavy atom. The minimum absolute atomic E-state index is 0.0287. The predicted octanol–water partition coefficient (Wildman–Crippen LogP) is 4.13. The number of carbonyl (C=O) groups excluding carboxylic acids is 1. The third-order valence-electron chi connectivity index (χ3n) is 3.95. The molecule has 138 valence electrons. The Morgan fingerprint density at radius 3 is 2.67 bits per heavy atom. The number of amides is 1. The first-order chi connectivity index (χ1) is 12.9. The van der Waals surface area contributed by atoms with Gasteiger partial charge in [0.1, 0.15) is 0 Å². The smallest absolute Gasteiger partial charge is 0.269 e. The lowest BCUT2D eigenvalue weighted by Gasteiger charge is -2.10. The van der Waals surface area contributed by atoms with Gasteiger partial charge in [-0.15, -0.1) is 0 Å². The average Bonchev–Trinajstić information content (AvgIpc) is 3.12. The van der Waals surface area contributed by atoms with Gasteiger partial charge in [-0.1, -0.05) is 23.9 Å². The van der Waals surface area contributed by atoms with Crippen LogP contribution in [0.4, 0.5) is 11.4 Å². The van der Waals surface area contributed by atoms with E-state index in [1.165, 1.54) is 23.9 Å². The van der Waals surface area contributed by atoms with Gasteiger partial charge < -0.3 is 5.32 Å². The van der Waals surface area contributed by atoms with E-state index in [0.29, 0.717) is 5.16 Å². The minimum Gasteiger partial charge on any atom is -0.325 e. The van der Waals surface area contributed by atoms with E-state index in [4.69, 9.17) is 0 Å². The van der Waals surface area contributed by atoms with Crippen molar-refractivity contribution >= 4 is 29.0 Å². The number of thioether (sulfide) groups is 1. The lowest BCUT2D eigenvalue weighted by atomic mass is 10.1. The average molecular weight is 382 g/mol. The zero-order valence-corrected chi connectivity index (χ0v) is 15.7. The van der Waals surface area contributed by atoms with E-state index < -0.39 is 4.92 Å².